The summed E-state index contributed by atoms with van der Waals surface area (Å²) in [5.41, 5.74) is 5.10. The van der Waals surface area contributed by atoms with E-state index in [0.717, 1.165) is 40.2 Å². The molecule has 1 aromatic heterocycles. The summed E-state index contributed by atoms with van der Waals surface area (Å²) < 4.78 is 13.9. The molecule has 39 heavy (non-hydrogen) atoms. The van der Waals surface area contributed by atoms with E-state index in [1.54, 1.807) is 16.4 Å². The molecular formula is C30H39N5O3S. The third-order valence-electron chi connectivity index (χ3n) is 6.74. The molecule has 208 valence electrons. The highest BCUT2D eigenvalue weighted by atomic mass is 32.2. The SMILES string of the molecule is CCOc1ccc(C2C(C(=O)Nc3cccc(C)c3C)=C(C)Nc3nc(SCC)nn32)cc1OCCC(C)C. The van der Waals surface area contributed by atoms with Crippen LogP contribution in [0.15, 0.2) is 52.8 Å². The van der Waals surface area contributed by atoms with Crippen molar-refractivity contribution >= 4 is 29.3 Å². The van der Waals surface area contributed by atoms with Gasteiger partial charge in [-0.1, -0.05) is 50.7 Å². The van der Waals surface area contributed by atoms with Crippen LogP contribution in [-0.4, -0.2) is 39.6 Å². The summed E-state index contributed by atoms with van der Waals surface area (Å²) in [6, 6.07) is 11.3. The van der Waals surface area contributed by atoms with Gasteiger partial charge in [-0.25, -0.2) is 4.68 Å². The van der Waals surface area contributed by atoms with Crippen molar-refractivity contribution in [2.75, 3.05) is 29.6 Å². The average molecular weight is 550 g/mol. The molecule has 3 aromatic rings. The molecule has 2 heterocycles. The lowest BCUT2D eigenvalue weighted by molar-refractivity contribution is -0.113. The van der Waals surface area contributed by atoms with Gasteiger partial charge in [-0.15, -0.1) is 5.10 Å². The number of anilines is 2. The number of benzene rings is 2. The first-order chi connectivity index (χ1) is 18.7. The van der Waals surface area contributed by atoms with Crippen molar-refractivity contribution in [3.63, 3.8) is 0 Å². The second-order valence-electron chi connectivity index (χ2n) is 10.0. The van der Waals surface area contributed by atoms with Crippen LogP contribution >= 0.6 is 11.8 Å². The lowest BCUT2D eigenvalue weighted by Crippen LogP contribution is -2.31. The number of aryl methyl sites for hydroxylation is 1. The highest BCUT2D eigenvalue weighted by molar-refractivity contribution is 7.99. The van der Waals surface area contributed by atoms with Gasteiger partial charge in [0.2, 0.25) is 11.1 Å². The molecule has 8 nitrogen and oxygen atoms in total. The maximum Gasteiger partial charge on any atom is 0.255 e. The number of hydrogen-bond acceptors (Lipinski definition) is 7. The summed E-state index contributed by atoms with van der Waals surface area (Å²) in [7, 11) is 0. The predicted octanol–water partition coefficient (Wildman–Crippen LogP) is 6.76. The Morgan fingerprint density at radius 3 is 2.64 bits per heavy atom. The Morgan fingerprint density at radius 2 is 1.92 bits per heavy atom. The van der Waals surface area contributed by atoms with Crippen molar-refractivity contribution in [2.24, 2.45) is 5.92 Å². The van der Waals surface area contributed by atoms with Crippen molar-refractivity contribution in [2.45, 2.75) is 66.1 Å². The van der Waals surface area contributed by atoms with E-state index >= 15 is 0 Å². The monoisotopic (exact) mass is 549 g/mol. The zero-order valence-corrected chi connectivity index (χ0v) is 24.7. The van der Waals surface area contributed by atoms with Gasteiger partial charge < -0.3 is 20.1 Å². The molecule has 0 spiro atoms. The van der Waals surface area contributed by atoms with Crippen LogP contribution in [0.2, 0.25) is 0 Å². The summed E-state index contributed by atoms with van der Waals surface area (Å²) in [6.45, 7) is 15.4. The van der Waals surface area contributed by atoms with Crippen LogP contribution < -0.4 is 20.1 Å². The van der Waals surface area contributed by atoms with Gasteiger partial charge in [-0.2, -0.15) is 4.98 Å². The zero-order valence-electron chi connectivity index (χ0n) is 23.9. The van der Waals surface area contributed by atoms with Gasteiger partial charge in [-0.3, -0.25) is 4.79 Å². The van der Waals surface area contributed by atoms with E-state index < -0.39 is 6.04 Å². The normalized spacial score (nSPS) is 14.7. The van der Waals surface area contributed by atoms with Crippen LogP contribution in [0.5, 0.6) is 11.5 Å². The van der Waals surface area contributed by atoms with Crippen molar-refractivity contribution in [1.29, 1.82) is 0 Å². The molecular weight excluding hydrogens is 510 g/mol. The third kappa shape index (κ3) is 6.41. The number of nitrogens with zero attached hydrogens (tertiary/aromatic N) is 3. The molecule has 4 rings (SSSR count). The molecule has 1 aliphatic heterocycles. The number of carbonyl (C=O) groups is 1. The van der Waals surface area contributed by atoms with Gasteiger partial charge in [0.25, 0.3) is 5.91 Å². The van der Waals surface area contributed by atoms with E-state index in [2.05, 4.69) is 31.4 Å². The summed E-state index contributed by atoms with van der Waals surface area (Å²) >= 11 is 1.56. The van der Waals surface area contributed by atoms with E-state index in [0.29, 0.717) is 47.3 Å². The van der Waals surface area contributed by atoms with Gasteiger partial charge in [0, 0.05) is 11.4 Å². The van der Waals surface area contributed by atoms with Crippen molar-refractivity contribution in [1.82, 2.24) is 14.8 Å². The Bertz CT molecular complexity index is 1360. The summed E-state index contributed by atoms with van der Waals surface area (Å²) in [5.74, 6) is 3.12. The number of fused-ring (bicyclic) bond motifs is 1. The minimum atomic E-state index is -0.506. The maximum atomic E-state index is 13.9. The first kappa shape index (κ1) is 28.5. The van der Waals surface area contributed by atoms with E-state index in [1.807, 2.05) is 64.1 Å². The van der Waals surface area contributed by atoms with Crippen LogP contribution in [0.25, 0.3) is 0 Å². The number of carbonyl (C=O) groups excluding carboxylic acids is 1. The van der Waals surface area contributed by atoms with E-state index in [4.69, 9.17) is 19.6 Å². The van der Waals surface area contributed by atoms with Crippen LogP contribution in [0.4, 0.5) is 11.6 Å². The Balaban J connectivity index is 1.79. The molecule has 0 saturated heterocycles. The number of amides is 1. The van der Waals surface area contributed by atoms with Crippen LogP contribution in [0, 0.1) is 19.8 Å². The largest absolute Gasteiger partial charge is 0.490 e. The fourth-order valence-electron chi connectivity index (χ4n) is 4.49. The minimum absolute atomic E-state index is 0.194. The molecule has 0 bridgehead atoms. The van der Waals surface area contributed by atoms with Crippen LogP contribution in [-0.2, 0) is 4.79 Å². The Kier molecular flexibility index (Phi) is 9.22. The molecule has 0 fully saturated rings. The van der Waals surface area contributed by atoms with Gasteiger partial charge in [0.05, 0.1) is 18.8 Å². The van der Waals surface area contributed by atoms with E-state index in [-0.39, 0.29) is 5.91 Å². The summed E-state index contributed by atoms with van der Waals surface area (Å²) in [4.78, 5) is 18.6. The summed E-state index contributed by atoms with van der Waals surface area (Å²) in [6.07, 6.45) is 0.927. The second-order valence-corrected chi connectivity index (χ2v) is 11.3. The van der Waals surface area contributed by atoms with Gasteiger partial charge in [0.1, 0.15) is 6.04 Å². The van der Waals surface area contributed by atoms with Crippen molar-refractivity contribution in [3.05, 3.63) is 64.4 Å². The van der Waals surface area contributed by atoms with E-state index in [1.165, 1.54) is 0 Å². The van der Waals surface area contributed by atoms with Crippen molar-refractivity contribution < 1.29 is 14.3 Å². The molecule has 1 aliphatic rings. The highest BCUT2D eigenvalue weighted by Crippen LogP contribution is 2.40. The average Bonchev–Trinajstić information content (AvgIpc) is 3.28. The predicted molar refractivity (Wildman–Crippen MR) is 158 cm³/mol. The van der Waals surface area contributed by atoms with Gasteiger partial charge in [0.15, 0.2) is 11.5 Å². The van der Waals surface area contributed by atoms with Gasteiger partial charge >= 0.3 is 0 Å². The number of nitrogens with one attached hydrogen (secondary N) is 2. The second kappa shape index (κ2) is 12.6. The standard InChI is InChI=1S/C30H39N5O3S/c1-8-37-24-14-13-22(17-25(24)38-16-15-18(3)4)27-26(28(36)32-23-12-10-11-19(5)20(23)6)21(7)31-29-33-30(39-9-2)34-35(27)29/h10-14,17-18,27H,8-9,15-16H2,1-7H3,(H,32,36)(H,31,33,34). The Morgan fingerprint density at radius 1 is 1.13 bits per heavy atom. The fourth-order valence-corrected chi connectivity index (χ4v) is 5.04. The number of hydrogen-bond donors (Lipinski definition) is 2. The number of thioether (sulfide) groups is 1. The molecule has 0 saturated carbocycles. The van der Waals surface area contributed by atoms with Crippen LogP contribution in [0.3, 0.4) is 0 Å². The van der Waals surface area contributed by atoms with Crippen molar-refractivity contribution in [3.8, 4) is 11.5 Å². The molecule has 2 N–H and O–H groups in total. The number of allylic oxidation sites excluding steroid dienone is 1. The topological polar surface area (TPSA) is 90.3 Å². The quantitative estimate of drug-likeness (QED) is 0.255. The lowest BCUT2D eigenvalue weighted by Gasteiger charge is -2.29. The third-order valence-corrected chi connectivity index (χ3v) is 7.46. The minimum Gasteiger partial charge on any atom is -0.490 e. The molecule has 0 aliphatic carbocycles. The smallest absolute Gasteiger partial charge is 0.255 e. The maximum absolute atomic E-state index is 13.9. The fraction of sp³-hybridized carbons (Fsp3) is 0.433. The summed E-state index contributed by atoms with van der Waals surface area (Å²) in [5, 5.41) is 11.9. The molecule has 2 aromatic carbocycles. The first-order valence-electron chi connectivity index (χ1n) is 13.6. The van der Waals surface area contributed by atoms with E-state index in [9.17, 15) is 4.79 Å². The molecule has 0 radical (unpaired) electrons. The first-order valence-corrected chi connectivity index (χ1v) is 14.6. The van der Waals surface area contributed by atoms with Gasteiger partial charge in [-0.05, 0) is 80.7 Å². The zero-order chi connectivity index (χ0) is 28.1. The number of ether oxygens (including phenoxy) is 2. The Labute approximate surface area is 235 Å². The Hall–Kier alpha value is -3.46. The van der Waals surface area contributed by atoms with Crippen LogP contribution in [0.1, 0.15) is 63.8 Å². The number of rotatable bonds is 11. The molecule has 1 atom stereocenters. The molecule has 1 amide bonds. The number of aromatic nitrogens is 3. The molecule has 1 unspecified atom stereocenters. The lowest BCUT2D eigenvalue weighted by atomic mass is 9.94. The highest BCUT2D eigenvalue weighted by Gasteiger charge is 2.35. The molecule has 9 heteroatoms.